The smallest absolute Gasteiger partial charge is 0.315 e. The van der Waals surface area contributed by atoms with Crippen molar-refractivity contribution in [2.24, 2.45) is 5.92 Å². The van der Waals surface area contributed by atoms with Crippen LogP contribution >= 0.6 is 0 Å². The molecule has 2 rings (SSSR count). The summed E-state index contributed by atoms with van der Waals surface area (Å²) in [6.45, 7) is 3.71. The van der Waals surface area contributed by atoms with Crippen molar-refractivity contribution in [3.8, 4) is 0 Å². The molecular formula is C17H24N2O2. The molecule has 0 aliphatic heterocycles. The Morgan fingerprint density at radius 3 is 2.29 bits per heavy atom. The Morgan fingerprint density at radius 1 is 1.10 bits per heavy atom. The van der Waals surface area contributed by atoms with Crippen molar-refractivity contribution in [1.82, 2.24) is 10.6 Å². The lowest BCUT2D eigenvalue weighted by molar-refractivity contribution is -0.123. The molecule has 0 saturated heterocycles. The first-order valence-corrected chi connectivity index (χ1v) is 7.73. The van der Waals surface area contributed by atoms with Crippen molar-refractivity contribution in [2.75, 3.05) is 0 Å². The van der Waals surface area contributed by atoms with Gasteiger partial charge in [0.25, 0.3) is 0 Å². The number of amides is 2. The standard InChI is InChI=1S/C17H24N2O2/c1-12(2)16(20)15(13-8-4-3-5-9-13)19-17(21)18-14-10-6-7-11-14/h3-5,8-9,12,14-15H,6-7,10-11H2,1-2H3,(H2,18,19,21). The highest BCUT2D eigenvalue weighted by Crippen LogP contribution is 2.19. The summed E-state index contributed by atoms with van der Waals surface area (Å²) < 4.78 is 0. The number of carbonyl (C=O) groups excluding carboxylic acids is 2. The van der Waals surface area contributed by atoms with E-state index in [1.54, 1.807) is 0 Å². The van der Waals surface area contributed by atoms with Crippen LogP contribution in [0, 0.1) is 5.92 Å². The average Bonchev–Trinajstić information content (AvgIpc) is 2.97. The molecule has 1 aromatic rings. The maximum atomic E-state index is 12.4. The van der Waals surface area contributed by atoms with Crippen molar-refractivity contribution in [3.05, 3.63) is 35.9 Å². The summed E-state index contributed by atoms with van der Waals surface area (Å²) in [6, 6.07) is 8.84. The number of benzene rings is 1. The van der Waals surface area contributed by atoms with Gasteiger partial charge >= 0.3 is 6.03 Å². The van der Waals surface area contributed by atoms with Crippen LogP contribution in [-0.4, -0.2) is 17.9 Å². The average molecular weight is 288 g/mol. The summed E-state index contributed by atoms with van der Waals surface area (Å²) >= 11 is 0. The van der Waals surface area contributed by atoms with E-state index in [0.717, 1.165) is 31.2 Å². The normalized spacial score (nSPS) is 16.7. The largest absolute Gasteiger partial charge is 0.335 e. The maximum Gasteiger partial charge on any atom is 0.315 e. The molecule has 0 spiro atoms. The Morgan fingerprint density at radius 2 is 1.71 bits per heavy atom. The fourth-order valence-corrected chi connectivity index (χ4v) is 2.73. The Labute approximate surface area is 126 Å². The van der Waals surface area contributed by atoms with Gasteiger partial charge < -0.3 is 10.6 Å². The molecule has 0 bridgehead atoms. The fourth-order valence-electron chi connectivity index (χ4n) is 2.73. The van der Waals surface area contributed by atoms with E-state index in [1.807, 2.05) is 44.2 Å². The van der Waals surface area contributed by atoms with Gasteiger partial charge in [-0.25, -0.2) is 4.79 Å². The van der Waals surface area contributed by atoms with Gasteiger partial charge in [0.1, 0.15) is 6.04 Å². The molecule has 0 aromatic heterocycles. The summed E-state index contributed by atoms with van der Waals surface area (Å²) in [5.74, 6) is -0.0928. The summed E-state index contributed by atoms with van der Waals surface area (Å²) in [5, 5.41) is 5.81. The van der Waals surface area contributed by atoms with Crippen molar-refractivity contribution in [1.29, 1.82) is 0 Å². The van der Waals surface area contributed by atoms with Gasteiger partial charge in [-0.3, -0.25) is 4.79 Å². The van der Waals surface area contributed by atoms with Crippen LogP contribution in [0.1, 0.15) is 51.1 Å². The molecule has 114 valence electrons. The second kappa shape index (κ2) is 7.25. The third-order valence-electron chi connectivity index (χ3n) is 3.95. The monoisotopic (exact) mass is 288 g/mol. The molecule has 4 heteroatoms. The van der Waals surface area contributed by atoms with E-state index in [9.17, 15) is 9.59 Å². The van der Waals surface area contributed by atoms with Gasteiger partial charge in [0.15, 0.2) is 5.78 Å². The molecule has 4 nitrogen and oxygen atoms in total. The topological polar surface area (TPSA) is 58.2 Å². The third-order valence-corrected chi connectivity index (χ3v) is 3.95. The van der Waals surface area contributed by atoms with E-state index in [4.69, 9.17) is 0 Å². The van der Waals surface area contributed by atoms with Crippen LogP contribution in [0.15, 0.2) is 30.3 Å². The predicted molar refractivity (Wildman–Crippen MR) is 83.0 cm³/mol. The zero-order chi connectivity index (χ0) is 15.2. The van der Waals surface area contributed by atoms with E-state index in [2.05, 4.69) is 10.6 Å². The summed E-state index contributed by atoms with van der Waals surface area (Å²) in [5.41, 5.74) is 0.831. The minimum absolute atomic E-state index is 0.0303. The zero-order valence-corrected chi connectivity index (χ0v) is 12.8. The predicted octanol–water partition coefficient (Wildman–Crippen LogP) is 3.19. The van der Waals surface area contributed by atoms with Crippen LogP contribution in [0.2, 0.25) is 0 Å². The third kappa shape index (κ3) is 4.31. The fraction of sp³-hybridized carbons (Fsp3) is 0.529. The quantitative estimate of drug-likeness (QED) is 0.874. The highest BCUT2D eigenvalue weighted by atomic mass is 16.2. The molecule has 1 saturated carbocycles. The molecule has 0 heterocycles. The highest BCUT2D eigenvalue weighted by Gasteiger charge is 2.26. The van der Waals surface area contributed by atoms with E-state index >= 15 is 0 Å². The van der Waals surface area contributed by atoms with E-state index in [0.29, 0.717) is 0 Å². The van der Waals surface area contributed by atoms with Crippen LogP contribution in [0.25, 0.3) is 0 Å². The number of rotatable bonds is 5. The Kier molecular flexibility index (Phi) is 5.37. The molecule has 1 aliphatic rings. The van der Waals surface area contributed by atoms with Crippen LogP contribution in [0.4, 0.5) is 4.79 Å². The molecule has 0 radical (unpaired) electrons. The first-order chi connectivity index (χ1) is 10.1. The van der Waals surface area contributed by atoms with E-state index < -0.39 is 6.04 Å². The highest BCUT2D eigenvalue weighted by molar-refractivity contribution is 5.90. The van der Waals surface area contributed by atoms with Crippen molar-refractivity contribution >= 4 is 11.8 Å². The van der Waals surface area contributed by atoms with Crippen LogP contribution in [0.3, 0.4) is 0 Å². The maximum absolute atomic E-state index is 12.4. The van der Waals surface area contributed by atoms with E-state index in [1.165, 1.54) is 0 Å². The molecule has 1 fully saturated rings. The number of Topliss-reactive ketones (excluding diaryl/α,β-unsaturated/α-hetero) is 1. The lowest BCUT2D eigenvalue weighted by Crippen LogP contribution is -2.45. The van der Waals surface area contributed by atoms with E-state index in [-0.39, 0.29) is 23.8 Å². The molecule has 1 aromatic carbocycles. The lowest BCUT2D eigenvalue weighted by Gasteiger charge is -2.21. The molecule has 1 atom stereocenters. The number of nitrogens with one attached hydrogen (secondary N) is 2. The van der Waals surface area contributed by atoms with Gasteiger partial charge in [-0.1, -0.05) is 57.0 Å². The van der Waals surface area contributed by atoms with Gasteiger partial charge in [-0.05, 0) is 18.4 Å². The minimum atomic E-state index is -0.576. The van der Waals surface area contributed by atoms with Gasteiger partial charge in [-0.2, -0.15) is 0 Å². The lowest BCUT2D eigenvalue weighted by atomic mass is 9.95. The number of ketones is 1. The SMILES string of the molecule is CC(C)C(=O)C(NC(=O)NC1CCCC1)c1ccccc1. The van der Waals surface area contributed by atoms with Crippen molar-refractivity contribution < 1.29 is 9.59 Å². The molecular weight excluding hydrogens is 264 g/mol. The van der Waals surface area contributed by atoms with Gasteiger partial charge in [0.05, 0.1) is 0 Å². The van der Waals surface area contributed by atoms with Crippen molar-refractivity contribution in [3.63, 3.8) is 0 Å². The van der Waals surface area contributed by atoms with Gasteiger partial charge in [-0.15, -0.1) is 0 Å². The number of urea groups is 1. The van der Waals surface area contributed by atoms with Gasteiger partial charge in [0, 0.05) is 12.0 Å². The second-order valence-electron chi connectivity index (χ2n) is 6.00. The van der Waals surface area contributed by atoms with Crippen LogP contribution in [-0.2, 0) is 4.79 Å². The molecule has 2 N–H and O–H groups in total. The van der Waals surface area contributed by atoms with Crippen LogP contribution in [0.5, 0.6) is 0 Å². The van der Waals surface area contributed by atoms with Crippen LogP contribution < -0.4 is 10.6 Å². The minimum Gasteiger partial charge on any atom is -0.335 e. The summed E-state index contributed by atoms with van der Waals surface area (Å²) in [7, 11) is 0. The molecule has 21 heavy (non-hydrogen) atoms. The molecule has 2 amide bonds. The number of hydrogen-bond donors (Lipinski definition) is 2. The first-order valence-electron chi connectivity index (χ1n) is 7.73. The molecule has 1 unspecified atom stereocenters. The number of carbonyl (C=O) groups is 2. The van der Waals surface area contributed by atoms with Gasteiger partial charge in [0.2, 0.25) is 0 Å². The second-order valence-corrected chi connectivity index (χ2v) is 6.00. The summed E-state index contributed by atoms with van der Waals surface area (Å²) in [6.07, 6.45) is 4.39. The Bertz CT molecular complexity index is 479. The number of hydrogen-bond acceptors (Lipinski definition) is 2. The Balaban J connectivity index is 2.05. The summed E-state index contributed by atoms with van der Waals surface area (Å²) in [4.78, 5) is 24.5. The molecule has 1 aliphatic carbocycles. The zero-order valence-electron chi connectivity index (χ0n) is 12.8. The first kappa shape index (κ1) is 15.5. The van der Waals surface area contributed by atoms with Crippen molar-refractivity contribution in [2.45, 2.75) is 51.6 Å². The Hall–Kier alpha value is -1.84.